The van der Waals surface area contributed by atoms with Crippen LogP contribution in [0.3, 0.4) is 0 Å². The molecule has 0 saturated carbocycles. The number of hydrogen-bond acceptors (Lipinski definition) is 5. The zero-order chi connectivity index (χ0) is 23.3. The minimum absolute atomic E-state index is 0.206. The molecule has 1 fully saturated rings. The van der Waals surface area contributed by atoms with Crippen LogP contribution >= 0.6 is 0 Å². The third kappa shape index (κ3) is 4.92. The molecule has 0 unspecified atom stereocenters. The number of rotatable bonds is 5. The smallest absolute Gasteiger partial charge is 0.407 e. The summed E-state index contributed by atoms with van der Waals surface area (Å²) >= 11 is 0. The number of hydrogen-bond donors (Lipinski definition) is 3. The topological polar surface area (TPSA) is 129 Å². The van der Waals surface area contributed by atoms with Crippen LogP contribution in [0.1, 0.15) is 54.9 Å². The van der Waals surface area contributed by atoms with E-state index in [1.807, 2.05) is 6.07 Å². The Morgan fingerprint density at radius 2 is 1.78 bits per heavy atom. The Morgan fingerprint density at radius 1 is 1.16 bits per heavy atom. The highest BCUT2D eigenvalue weighted by molar-refractivity contribution is 5.94. The van der Waals surface area contributed by atoms with Crippen molar-refractivity contribution in [3.05, 3.63) is 57.9 Å². The van der Waals surface area contributed by atoms with E-state index in [1.54, 1.807) is 32.0 Å². The van der Waals surface area contributed by atoms with Crippen LogP contribution < -0.4 is 10.6 Å². The second kappa shape index (κ2) is 10.0. The van der Waals surface area contributed by atoms with E-state index in [1.165, 1.54) is 4.90 Å². The summed E-state index contributed by atoms with van der Waals surface area (Å²) in [6, 6.07) is 11.5. The molecule has 1 aromatic rings. The molecule has 1 saturated heterocycles. The van der Waals surface area contributed by atoms with Crippen LogP contribution in [0.15, 0.2) is 46.8 Å². The van der Waals surface area contributed by atoms with Gasteiger partial charge in [-0.3, -0.25) is 4.79 Å². The predicted molar refractivity (Wildman–Crippen MR) is 118 cm³/mol. The minimum atomic E-state index is -0.875. The molecule has 8 heteroatoms. The average Bonchev–Trinajstić information content (AvgIpc) is 2.79. The first kappa shape index (κ1) is 22.9. The molecule has 2 amide bonds. The lowest BCUT2D eigenvalue weighted by atomic mass is 9.81. The van der Waals surface area contributed by atoms with Gasteiger partial charge in [0.1, 0.15) is 0 Å². The van der Waals surface area contributed by atoms with Crippen LogP contribution in [0, 0.1) is 28.6 Å². The first-order valence-electron chi connectivity index (χ1n) is 10.7. The van der Waals surface area contributed by atoms with Crippen molar-refractivity contribution >= 4 is 12.0 Å². The normalized spacial score (nSPS) is 17.4. The molecule has 2 aliphatic rings. The van der Waals surface area contributed by atoms with Crippen molar-refractivity contribution in [2.24, 2.45) is 5.92 Å². The third-order valence-corrected chi connectivity index (χ3v) is 6.21. The van der Waals surface area contributed by atoms with E-state index < -0.39 is 12.0 Å². The SMILES string of the molecule is CC1=C(C#N)C(c2cccc(C(=O)NCCC3CCN(C(=O)O)CC3)c2)C(C#N)=C(C)N1. The Balaban J connectivity index is 1.66. The molecule has 1 aromatic carbocycles. The van der Waals surface area contributed by atoms with Gasteiger partial charge in [-0.05, 0) is 56.7 Å². The number of carbonyl (C=O) groups is 2. The molecule has 166 valence electrons. The maximum atomic E-state index is 12.7. The maximum Gasteiger partial charge on any atom is 0.407 e. The largest absolute Gasteiger partial charge is 0.465 e. The predicted octanol–water partition coefficient (Wildman–Crippen LogP) is 3.48. The Morgan fingerprint density at radius 3 is 2.34 bits per heavy atom. The molecule has 2 aliphatic heterocycles. The first-order valence-corrected chi connectivity index (χ1v) is 10.7. The third-order valence-electron chi connectivity index (χ3n) is 6.21. The quantitative estimate of drug-likeness (QED) is 0.652. The fourth-order valence-electron chi connectivity index (χ4n) is 4.39. The van der Waals surface area contributed by atoms with Crippen molar-refractivity contribution in [3.63, 3.8) is 0 Å². The van der Waals surface area contributed by atoms with Crippen molar-refractivity contribution in [2.75, 3.05) is 19.6 Å². The molecule has 0 aliphatic carbocycles. The summed E-state index contributed by atoms with van der Waals surface area (Å²) < 4.78 is 0. The fraction of sp³-hybridized carbons (Fsp3) is 0.417. The molecule has 3 rings (SSSR count). The van der Waals surface area contributed by atoms with Crippen LogP contribution in [-0.4, -0.2) is 41.6 Å². The highest BCUT2D eigenvalue weighted by Crippen LogP contribution is 2.37. The number of allylic oxidation sites excluding steroid dienone is 4. The first-order chi connectivity index (χ1) is 15.3. The standard InChI is InChI=1S/C24H27N5O3/c1-15-20(13-25)22(21(14-26)16(2)28-15)18-4-3-5-19(12-18)23(30)27-9-6-17-7-10-29(11-8-17)24(31)32/h3-5,12,17,22,28H,6-11H2,1-2H3,(H,27,30)(H,31,32). The van der Waals surface area contributed by atoms with E-state index in [-0.39, 0.29) is 5.91 Å². The van der Waals surface area contributed by atoms with Crippen LogP contribution in [-0.2, 0) is 0 Å². The zero-order valence-electron chi connectivity index (χ0n) is 18.3. The molecule has 0 bridgehead atoms. The molecule has 8 nitrogen and oxygen atoms in total. The number of likely N-dealkylation sites (tertiary alicyclic amines) is 1. The van der Waals surface area contributed by atoms with Gasteiger partial charge in [0.25, 0.3) is 5.91 Å². The fourth-order valence-corrected chi connectivity index (χ4v) is 4.39. The lowest BCUT2D eigenvalue weighted by Gasteiger charge is -2.29. The molecule has 0 aromatic heterocycles. The van der Waals surface area contributed by atoms with Gasteiger partial charge in [0.15, 0.2) is 0 Å². The number of carbonyl (C=O) groups excluding carboxylic acids is 1. The van der Waals surface area contributed by atoms with Crippen LogP contribution in [0.5, 0.6) is 0 Å². The molecular weight excluding hydrogens is 406 g/mol. The van der Waals surface area contributed by atoms with Crippen molar-refractivity contribution in [2.45, 2.75) is 39.0 Å². The number of dihydropyridines is 1. The summed E-state index contributed by atoms with van der Waals surface area (Å²) in [6.45, 7) is 5.20. The van der Waals surface area contributed by atoms with Gasteiger partial charge in [0.2, 0.25) is 0 Å². The minimum Gasteiger partial charge on any atom is -0.465 e. The van der Waals surface area contributed by atoms with Crippen molar-refractivity contribution in [3.8, 4) is 12.1 Å². The number of amides is 2. The number of piperidine rings is 1. The van der Waals surface area contributed by atoms with Crippen molar-refractivity contribution < 1.29 is 14.7 Å². The summed E-state index contributed by atoms with van der Waals surface area (Å²) in [5.41, 5.74) is 3.56. The average molecular weight is 434 g/mol. The van der Waals surface area contributed by atoms with Gasteiger partial charge in [0, 0.05) is 36.6 Å². The summed E-state index contributed by atoms with van der Waals surface area (Å²) in [5.74, 6) is -0.315. The molecule has 0 atom stereocenters. The lowest BCUT2D eigenvalue weighted by molar-refractivity contribution is 0.0948. The molecule has 3 N–H and O–H groups in total. The van der Waals surface area contributed by atoms with Gasteiger partial charge in [-0.1, -0.05) is 12.1 Å². The molecular formula is C24H27N5O3. The van der Waals surface area contributed by atoms with Crippen molar-refractivity contribution in [1.82, 2.24) is 15.5 Å². The van der Waals surface area contributed by atoms with E-state index in [4.69, 9.17) is 5.11 Å². The highest BCUT2D eigenvalue weighted by Gasteiger charge is 2.29. The van der Waals surface area contributed by atoms with Crippen LogP contribution in [0.25, 0.3) is 0 Å². The maximum absolute atomic E-state index is 12.7. The van der Waals surface area contributed by atoms with Gasteiger partial charge < -0.3 is 20.6 Å². The van der Waals surface area contributed by atoms with Crippen molar-refractivity contribution in [1.29, 1.82) is 10.5 Å². The Labute approximate surface area is 187 Å². The van der Waals surface area contributed by atoms with Gasteiger partial charge >= 0.3 is 6.09 Å². The monoisotopic (exact) mass is 433 g/mol. The zero-order valence-corrected chi connectivity index (χ0v) is 18.3. The molecule has 2 heterocycles. The van der Waals surface area contributed by atoms with Gasteiger partial charge in [-0.2, -0.15) is 10.5 Å². The number of nitriles is 2. The van der Waals surface area contributed by atoms with E-state index in [0.717, 1.165) is 24.8 Å². The highest BCUT2D eigenvalue weighted by atomic mass is 16.4. The Bertz CT molecular complexity index is 1020. The van der Waals surface area contributed by atoms with E-state index in [9.17, 15) is 20.1 Å². The van der Waals surface area contributed by atoms with E-state index >= 15 is 0 Å². The summed E-state index contributed by atoms with van der Waals surface area (Å²) in [7, 11) is 0. The molecule has 0 spiro atoms. The Kier molecular flexibility index (Phi) is 7.17. The summed E-state index contributed by atoms with van der Waals surface area (Å²) in [6.07, 6.45) is 1.53. The molecule has 0 radical (unpaired) electrons. The van der Waals surface area contributed by atoms with Gasteiger partial charge in [-0.15, -0.1) is 0 Å². The van der Waals surface area contributed by atoms with Gasteiger partial charge in [0.05, 0.1) is 29.2 Å². The lowest BCUT2D eigenvalue weighted by Crippen LogP contribution is -2.38. The summed E-state index contributed by atoms with van der Waals surface area (Å²) in [5, 5.41) is 34.4. The number of carboxylic acid groups (broad SMARTS) is 1. The van der Waals surface area contributed by atoms with E-state index in [0.29, 0.717) is 53.7 Å². The second-order valence-electron chi connectivity index (χ2n) is 8.24. The van der Waals surface area contributed by atoms with E-state index in [2.05, 4.69) is 22.8 Å². The van der Waals surface area contributed by atoms with Crippen LogP contribution in [0.4, 0.5) is 4.79 Å². The number of nitrogens with one attached hydrogen (secondary N) is 2. The second-order valence-corrected chi connectivity index (χ2v) is 8.24. The number of benzene rings is 1. The number of nitrogens with zero attached hydrogens (tertiary/aromatic N) is 3. The van der Waals surface area contributed by atoms with Crippen LogP contribution in [0.2, 0.25) is 0 Å². The molecule has 32 heavy (non-hydrogen) atoms. The summed E-state index contributed by atoms with van der Waals surface area (Å²) in [4.78, 5) is 25.2. The van der Waals surface area contributed by atoms with Gasteiger partial charge in [-0.25, -0.2) is 4.79 Å². The Hall–Kier alpha value is -3.78.